The molecule has 3 nitrogen and oxygen atoms in total. The third-order valence-electron chi connectivity index (χ3n) is 9.19. The fraction of sp³-hybridized carbons (Fsp3) is 0.905. The molecular formula is C21H31BrO3. The number of halogens is 1. The van der Waals surface area contributed by atoms with Crippen molar-refractivity contribution in [3.63, 3.8) is 0 Å². The van der Waals surface area contributed by atoms with Crippen LogP contribution in [0.3, 0.4) is 0 Å². The van der Waals surface area contributed by atoms with Crippen LogP contribution in [0.25, 0.3) is 0 Å². The van der Waals surface area contributed by atoms with Gasteiger partial charge >= 0.3 is 0 Å². The third-order valence-corrected chi connectivity index (χ3v) is 10.2. The molecule has 0 bridgehead atoms. The number of alkyl halides is 1. The van der Waals surface area contributed by atoms with Crippen LogP contribution in [0.4, 0.5) is 0 Å². The van der Waals surface area contributed by atoms with Crippen molar-refractivity contribution in [1.29, 1.82) is 0 Å². The molecule has 4 aliphatic carbocycles. The number of rotatable bonds is 1. The minimum atomic E-state index is -1.23. The quantitative estimate of drug-likeness (QED) is 0.655. The molecule has 25 heavy (non-hydrogen) atoms. The largest absolute Gasteiger partial charge is 0.380 e. The smallest absolute Gasteiger partial charge is 0.163 e. The summed E-state index contributed by atoms with van der Waals surface area (Å²) in [5.41, 5.74) is -1.28. The first kappa shape index (κ1) is 18.2. The SMILES string of the molecule is CC(=O)[C@@]1(O)[C@@H](Br)C[C@H]2[C@@H]3CC[C@H]4CC(=O)CC[C@]4(C)[C@@H]3CC[C@@]21C. The van der Waals surface area contributed by atoms with Crippen molar-refractivity contribution in [2.24, 2.45) is 34.5 Å². The number of carbonyl (C=O) groups excluding carboxylic acids is 2. The van der Waals surface area contributed by atoms with Gasteiger partial charge in [0.2, 0.25) is 0 Å². The first-order valence-corrected chi connectivity index (χ1v) is 11.0. The number of hydrogen-bond donors (Lipinski definition) is 1. The van der Waals surface area contributed by atoms with E-state index in [1.165, 1.54) is 0 Å². The Hall–Kier alpha value is -0.220. The van der Waals surface area contributed by atoms with Crippen LogP contribution in [0.5, 0.6) is 0 Å². The monoisotopic (exact) mass is 410 g/mol. The first-order valence-electron chi connectivity index (χ1n) is 10.0. The number of carbonyl (C=O) groups is 2. The number of Topliss-reactive ketones (excluding diaryl/α,β-unsaturated/α-hetero) is 2. The summed E-state index contributed by atoms with van der Waals surface area (Å²) in [6, 6.07) is 0. The number of hydrogen-bond acceptors (Lipinski definition) is 3. The highest BCUT2D eigenvalue weighted by molar-refractivity contribution is 9.09. The van der Waals surface area contributed by atoms with Gasteiger partial charge in [-0.3, -0.25) is 9.59 Å². The van der Waals surface area contributed by atoms with Crippen LogP contribution in [0.2, 0.25) is 0 Å². The van der Waals surface area contributed by atoms with Gasteiger partial charge in [-0.05, 0) is 74.5 Å². The summed E-state index contributed by atoms with van der Waals surface area (Å²) >= 11 is 3.68. The highest BCUT2D eigenvalue weighted by Gasteiger charge is 2.69. The molecule has 0 radical (unpaired) electrons. The second-order valence-electron chi connectivity index (χ2n) is 9.88. The first-order chi connectivity index (χ1) is 11.6. The van der Waals surface area contributed by atoms with Crippen molar-refractivity contribution in [3.05, 3.63) is 0 Å². The molecule has 1 N–H and O–H groups in total. The van der Waals surface area contributed by atoms with E-state index in [-0.39, 0.29) is 21.4 Å². The highest BCUT2D eigenvalue weighted by Crippen LogP contribution is 2.68. The zero-order chi connectivity index (χ0) is 18.2. The lowest BCUT2D eigenvalue weighted by atomic mass is 9.44. The summed E-state index contributed by atoms with van der Waals surface area (Å²) in [6.07, 6.45) is 7.77. The molecule has 4 aliphatic rings. The van der Waals surface area contributed by atoms with E-state index in [9.17, 15) is 14.7 Å². The Morgan fingerprint density at radius 3 is 2.56 bits per heavy atom. The van der Waals surface area contributed by atoms with Crippen LogP contribution in [0, 0.1) is 34.5 Å². The molecule has 0 aromatic carbocycles. The predicted octanol–water partition coefficient (Wildman–Crippen LogP) is 4.29. The Bertz CT molecular complexity index is 618. The third kappa shape index (κ3) is 2.19. The summed E-state index contributed by atoms with van der Waals surface area (Å²) in [5.74, 6) is 2.55. The molecule has 4 heteroatoms. The van der Waals surface area contributed by atoms with Crippen LogP contribution in [-0.2, 0) is 9.59 Å². The number of aliphatic hydroxyl groups is 1. The second kappa shape index (κ2) is 5.64. The topological polar surface area (TPSA) is 54.4 Å². The lowest BCUT2D eigenvalue weighted by molar-refractivity contribution is -0.168. The van der Waals surface area contributed by atoms with Gasteiger partial charge < -0.3 is 5.11 Å². The summed E-state index contributed by atoms with van der Waals surface area (Å²) in [6.45, 7) is 6.15. The van der Waals surface area contributed by atoms with Gasteiger partial charge in [0.1, 0.15) is 11.4 Å². The van der Waals surface area contributed by atoms with Gasteiger partial charge in [0, 0.05) is 18.3 Å². The molecule has 8 atom stereocenters. The van der Waals surface area contributed by atoms with E-state index in [1.807, 2.05) is 0 Å². The lowest BCUT2D eigenvalue weighted by Crippen LogP contribution is -2.59. The van der Waals surface area contributed by atoms with Gasteiger partial charge in [0.15, 0.2) is 5.78 Å². The van der Waals surface area contributed by atoms with Gasteiger partial charge in [-0.25, -0.2) is 0 Å². The molecule has 4 saturated carbocycles. The maximum atomic E-state index is 12.4. The average molecular weight is 411 g/mol. The lowest BCUT2D eigenvalue weighted by Gasteiger charge is -2.60. The van der Waals surface area contributed by atoms with Crippen LogP contribution in [-0.4, -0.2) is 27.1 Å². The van der Waals surface area contributed by atoms with Crippen molar-refractivity contribution in [2.45, 2.75) is 82.6 Å². The molecule has 0 aromatic rings. The molecule has 4 fully saturated rings. The molecule has 140 valence electrons. The molecule has 0 amide bonds. The van der Waals surface area contributed by atoms with Crippen LogP contribution >= 0.6 is 15.9 Å². The van der Waals surface area contributed by atoms with Crippen LogP contribution < -0.4 is 0 Å². The van der Waals surface area contributed by atoms with Crippen molar-refractivity contribution in [1.82, 2.24) is 0 Å². The minimum Gasteiger partial charge on any atom is -0.380 e. The number of fused-ring (bicyclic) bond motifs is 5. The second-order valence-corrected chi connectivity index (χ2v) is 11.0. The Labute approximate surface area is 159 Å². The zero-order valence-electron chi connectivity index (χ0n) is 15.7. The highest BCUT2D eigenvalue weighted by atomic mass is 79.9. The molecule has 0 heterocycles. The van der Waals surface area contributed by atoms with Crippen LogP contribution in [0.1, 0.15) is 72.1 Å². The van der Waals surface area contributed by atoms with E-state index in [1.54, 1.807) is 6.92 Å². The Morgan fingerprint density at radius 1 is 1.16 bits per heavy atom. The molecule has 0 saturated heterocycles. The standard InChI is InChI=1S/C21H31BrO3/c1-12(23)21(25)18(22)11-17-15-5-4-13-10-14(24)6-8-19(13,2)16(15)7-9-20(17,21)3/h13,15-18,25H,4-11H2,1-3H3/t13-,15+,16+,17-,18-,19-,20-,21+/m0/s1. The minimum absolute atomic E-state index is 0.0824. The molecule has 4 rings (SSSR count). The average Bonchev–Trinajstić information content (AvgIpc) is 2.77. The molecular weight excluding hydrogens is 380 g/mol. The fourth-order valence-corrected chi connectivity index (χ4v) is 8.90. The Morgan fingerprint density at radius 2 is 1.88 bits per heavy atom. The van der Waals surface area contributed by atoms with Gasteiger partial charge in [0.25, 0.3) is 0 Å². The van der Waals surface area contributed by atoms with Gasteiger partial charge in [-0.2, -0.15) is 0 Å². The maximum absolute atomic E-state index is 12.4. The van der Waals surface area contributed by atoms with Crippen molar-refractivity contribution < 1.29 is 14.7 Å². The van der Waals surface area contributed by atoms with Gasteiger partial charge in [-0.15, -0.1) is 0 Å². The van der Waals surface area contributed by atoms with Crippen molar-refractivity contribution in [3.8, 4) is 0 Å². The number of ketones is 2. The van der Waals surface area contributed by atoms with Crippen molar-refractivity contribution >= 4 is 27.5 Å². The summed E-state index contributed by atoms with van der Waals surface area (Å²) < 4.78 is 0. The van der Waals surface area contributed by atoms with Gasteiger partial charge in [-0.1, -0.05) is 29.8 Å². The Balaban J connectivity index is 1.68. The van der Waals surface area contributed by atoms with E-state index in [0.717, 1.165) is 51.4 Å². The van der Waals surface area contributed by atoms with E-state index < -0.39 is 5.60 Å². The maximum Gasteiger partial charge on any atom is 0.163 e. The van der Waals surface area contributed by atoms with E-state index >= 15 is 0 Å². The summed E-state index contributed by atoms with van der Waals surface area (Å²) in [4.78, 5) is 24.3. The summed E-state index contributed by atoms with van der Waals surface area (Å²) in [5, 5.41) is 11.4. The van der Waals surface area contributed by atoms with Gasteiger partial charge in [0.05, 0.1) is 4.83 Å². The van der Waals surface area contributed by atoms with E-state index in [4.69, 9.17) is 0 Å². The summed E-state index contributed by atoms with van der Waals surface area (Å²) in [7, 11) is 0. The van der Waals surface area contributed by atoms with Crippen LogP contribution in [0.15, 0.2) is 0 Å². The molecule has 0 aliphatic heterocycles. The van der Waals surface area contributed by atoms with Crippen molar-refractivity contribution in [2.75, 3.05) is 0 Å². The Kier molecular flexibility index (Phi) is 4.10. The fourth-order valence-electron chi connectivity index (χ4n) is 7.65. The molecule has 0 spiro atoms. The van der Waals surface area contributed by atoms with E-state index in [2.05, 4.69) is 29.8 Å². The zero-order valence-corrected chi connectivity index (χ0v) is 17.3. The van der Waals surface area contributed by atoms with E-state index in [0.29, 0.717) is 29.5 Å². The molecule has 0 unspecified atom stereocenters. The predicted molar refractivity (Wildman–Crippen MR) is 100 cm³/mol. The molecule has 0 aromatic heterocycles. The normalized spacial score (nSPS) is 55.2.